The lowest BCUT2D eigenvalue weighted by Crippen LogP contribution is -2.25. The lowest BCUT2D eigenvalue weighted by Gasteiger charge is -2.22. The van der Waals surface area contributed by atoms with E-state index in [-0.39, 0.29) is 17.6 Å². The Bertz CT molecular complexity index is 378. The molecule has 94 valence electrons. The predicted octanol–water partition coefficient (Wildman–Crippen LogP) is 2.13. The average molecular weight is 239 g/mol. The van der Waals surface area contributed by atoms with Gasteiger partial charge >= 0.3 is 0 Å². The molecule has 2 atom stereocenters. The second-order valence-electron chi connectivity index (χ2n) is 4.28. The third-order valence-corrected chi connectivity index (χ3v) is 3.28. The predicted molar refractivity (Wildman–Crippen MR) is 63.7 cm³/mol. The zero-order chi connectivity index (χ0) is 12.3. The van der Waals surface area contributed by atoms with Crippen molar-refractivity contribution < 1.29 is 13.9 Å². The molecule has 0 radical (unpaired) electrons. The van der Waals surface area contributed by atoms with Crippen molar-refractivity contribution in [3.05, 3.63) is 29.6 Å². The lowest BCUT2D eigenvalue weighted by molar-refractivity contribution is 0.177. The van der Waals surface area contributed by atoms with E-state index in [1.165, 1.54) is 7.11 Å². The number of methoxy groups -OCH3 is 1. The molecule has 0 amide bonds. The van der Waals surface area contributed by atoms with Gasteiger partial charge in [0.25, 0.3) is 0 Å². The minimum atomic E-state index is -0.316. The molecule has 3 nitrogen and oxygen atoms in total. The molecule has 4 heteroatoms. The van der Waals surface area contributed by atoms with Crippen molar-refractivity contribution in [1.82, 2.24) is 5.32 Å². The molecular formula is C13H18FNO2. The molecule has 1 aromatic carbocycles. The lowest BCUT2D eigenvalue weighted by atomic mass is 9.92. The molecule has 1 saturated heterocycles. The highest BCUT2D eigenvalue weighted by molar-refractivity contribution is 5.31. The van der Waals surface area contributed by atoms with Crippen LogP contribution in [-0.4, -0.2) is 27.4 Å². The van der Waals surface area contributed by atoms with Gasteiger partial charge in [-0.25, -0.2) is 4.39 Å². The molecule has 0 aromatic heterocycles. The maximum absolute atomic E-state index is 13.7. The summed E-state index contributed by atoms with van der Waals surface area (Å²) in [7, 11) is 3.36. The number of halogens is 1. The Balaban J connectivity index is 2.21. The number of hydrogen-bond donors (Lipinski definition) is 1. The molecule has 1 N–H and O–H groups in total. The number of benzene rings is 1. The van der Waals surface area contributed by atoms with Gasteiger partial charge in [-0.1, -0.05) is 6.07 Å². The summed E-state index contributed by atoms with van der Waals surface area (Å²) in [5.74, 6) is 0.378. The molecule has 1 fully saturated rings. The van der Waals surface area contributed by atoms with Crippen LogP contribution in [0.2, 0.25) is 0 Å². The summed E-state index contributed by atoms with van der Waals surface area (Å²) in [5, 5.41) is 3.24. The zero-order valence-corrected chi connectivity index (χ0v) is 10.2. The van der Waals surface area contributed by atoms with Crippen LogP contribution in [0.1, 0.15) is 18.0 Å². The van der Waals surface area contributed by atoms with E-state index in [4.69, 9.17) is 9.47 Å². The smallest absolute Gasteiger partial charge is 0.165 e. The summed E-state index contributed by atoms with van der Waals surface area (Å²) in [5.41, 5.74) is 0.946. The fourth-order valence-electron chi connectivity index (χ4n) is 2.37. The summed E-state index contributed by atoms with van der Waals surface area (Å²) in [6, 6.07) is 5.25. The number of rotatable bonds is 4. The van der Waals surface area contributed by atoms with Gasteiger partial charge in [-0.3, -0.25) is 0 Å². The number of hydrogen-bond acceptors (Lipinski definition) is 3. The van der Waals surface area contributed by atoms with Gasteiger partial charge in [-0.2, -0.15) is 0 Å². The Hall–Kier alpha value is -1.13. The van der Waals surface area contributed by atoms with E-state index < -0.39 is 0 Å². The largest absolute Gasteiger partial charge is 0.494 e. The Morgan fingerprint density at radius 2 is 2.35 bits per heavy atom. The molecule has 0 spiro atoms. The van der Waals surface area contributed by atoms with Crippen LogP contribution in [0.4, 0.5) is 4.39 Å². The minimum absolute atomic E-state index is 0.137. The van der Waals surface area contributed by atoms with E-state index in [9.17, 15) is 4.39 Å². The van der Waals surface area contributed by atoms with Crippen LogP contribution in [0.15, 0.2) is 18.2 Å². The zero-order valence-electron chi connectivity index (χ0n) is 10.2. The molecule has 1 aliphatic heterocycles. The van der Waals surface area contributed by atoms with Gasteiger partial charge in [0.1, 0.15) is 0 Å². The average Bonchev–Trinajstić information content (AvgIpc) is 2.84. The Morgan fingerprint density at radius 1 is 1.53 bits per heavy atom. The van der Waals surface area contributed by atoms with E-state index in [2.05, 4.69) is 5.32 Å². The molecule has 2 rings (SSSR count). The molecule has 17 heavy (non-hydrogen) atoms. The van der Waals surface area contributed by atoms with Gasteiger partial charge in [0.15, 0.2) is 11.6 Å². The quantitative estimate of drug-likeness (QED) is 0.873. The molecule has 0 aliphatic carbocycles. The second kappa shape index (κ2) is 5.47. The summed E-state index contributed by atoms with van der Waals surface area (Å²) < 4.78 is 23.9. The maximum Gasteiger partial charge on any atom is 0.165 e. The Morgan fingerprint density at radius 3 is 2.88 bits per heavy atom. The standard InChI is InChI=1S/C13H18FNO2/c1-15-13(10-5-6-17-8-10)9-3-4-12(16-2)11(14)7-9/h3-4,7,10,13,15H,5-6,8H2,1-2H3. The Kier molecular flexibility index (Phi) is 3.97. The normalized spacial score (nSPS) is 21.5. The fourth-order valence-corrected chi connectivity index (χ4v) is 2.37. The summed E-state index contributed by atoms with van der Waals surface area (Å²) in [6.45, 7) is 1.53. The van der Waals surface area contributed by atoms with Crippen LogP contribution in [-0.2, 0) is 4.74 Å². The first-order valence-corrected chi connectivity index (χ1v) is 5.84. The van der Waals surface area contributed by atoms with Crippen LogP contribution >= 0.6 is 0 Å². The van der Waals surface area contributed by atoms with E-state index in [1.807, 2.05) is 13.1 Å². The van der Waals surface area contributed by atoms with Crippen LogP contribution in [0, 0.1) is 11.7 Å². The van der Waals surface area contributed by atoms with E-state index in [0.29, 0.717) is 5.92 Å². The number of ether oxygens (including phenoxy) is 2. The van der Waals surface area contributed by atoms with Crippen LogP contribution in [0.5, 0.6) is 5.75 Å². The van der Waals surface area contributed by atoms with Crippen molar-refractivity contribution in [3.8, 4) is 5.75 Å². The molecule has 1 aliphatic rings. The second-order valence-corrected chi connectivity index (χ2v) is 4.28. The molecule has 0 saturated carbocycles. The van der Waals surface area contributed by atoms with Crippen LogP contribution in [0.25, 0.3) is 0 Å². The van der Waals surface area contributed by atoms with E-state index >= 15 is 0 Å². The van der Waals surface area contributed by atoms with Crippen LogP contribution in [0.3, 0.4) is 0 Å². The van der Waals surface area contributed by atoms with E-state index in [0.717, 1.165) is 25.2 Å². The molecule has 1 heterocycles. The summed E-state index contributed by atoms with van der Waals surface area (Å²) >= 11 is 0. The third kappa shape index (κ3) is 2.58. The molecule has 1 aromatic rings. The van der Waals surface area contributed by atoms with Gasteiger partial charge in [-0.05, 0) is 31.2 Å². The Labute approximate surface area is 101 Å². The van der Waals surface area contributed by atoms with Gasteiger partial charge in [0.05, 0.1) is 13.7 Å². The molecule has 2 unspecified atom stereocenters. The topological polar surface area (TPSA) is 30.5 Å². The maximum atomic E-state index is 13.7. The molecular weight excluding hydrogens is 221 g/mol. The first kappa shape index (κ1) is 12.3. The van der Waals surface area contributed by atoms with Gasteiger partial charge in [-0.15, -0.1) is 0 Å². The van der Waals surface area contributed by atoms with Crippen molar-refractivity contribution in [2.24, 2.45) is 5.92 Å². The van der Waals surface area contributed by atoms with Crippen molar-refractivity contribution in [3.63, 3.8) is 0 Å². The number of nitrogens with one attached hydrogen (secondary N) is 1. The first-order chi connectivity index (χ1) is 8.26. The van der Waals surface area contributed by atoms with Gasteiger partial charge in [0.2, 0.25) is 0 Å². The highest BCUT2D eigenvalue weighted by Gasteiger charge is 2.26. The highest BCUT2D eigenvalue weighted by atomic mass is 19.1. The first-order valence-electron chi connectivity index (χ1n) is 5.84. The highest BCUT2D eigenvalue weighted by Crippen LogP contribution is 2.30. The summed E-state index contributed by atoms with van der Waals surface area (Å²) in [4.78, 5) is 0. The monoisotopic (exact) mass is 239 g/mol. The van der Waals surface area contributed by atoms with Crippen molar-refractivity contribution >= 4 is 0 Å². The van der Waals surface area contributed by atoms with E-state index in [1.54, 1.807) is 12.1 Å². The minimum Gasteiger partial charge on any atom is -0.494 e. The van der Waals surface area contributed by atoms with Crippen molar-refractivity contribution in [1.29, 1.82) is 0 Å². The SMILES string of the molecule is CNC(c1ccc(OC)c(F)c1)C1CCOC1. The summed E-state index contributed by atoms with van der Waals surface area (Å²) in [6.07, 6.45) is 1.01. The van der Waals surface area contributed by atoms with Gasteiger partial charge < -0.3 is 14.8 Å². The van der Waals surface area contributed by atoms with Crippen molar-refractivity contribution in [2.45, 2.75) is 12.5 Å². The fraction of sp³-hybridized carbons (Fsp3) is 0.538. The van der Waals surface area contributed by atoms with Crippen LogP contribution < -0.4 is 10.1 Å². The van der Waals surface area contributed by atoms with Crippen molar-refractivity contribution in [2.75, 3.05) is 27.4 Å². The third-order valence-electron chi connectivity index (χ3n) is 3.28. The molecule has 0 bridgehead atoms. The van der Waals surface area contributed by atoms with Gasteiger partial charge in [0, 0.05) is 18.6 Å².